The third-order valence-electron chi connectivity index (χ3n) is 5.71. The number of guanidine groups is 1. The lowest BCUT2D eigenvalue weighted by atomic mass is 10.1. The van der Waals surface area contributed by atoms with E-state index >= 15 is 0 Å². The number of aromatic nitrogens is 1. The lowest BCUT2D eigenvalue weighted by molar-refractivity contribution is -0.142. The number of hydrogen-bond donors (Lipinski definition) is 2. The second kappa shape index (κ2) is 8.82. The Morgan fingerprint density at radius 2 is 2.10 bits per heavy atom. The highest BCUT2D eigenvalue weighted by molar-refractivity contribution is 5.84. The average molecular weight is 401 g/mol. The maximum Gasteiger partial charge on any atom is 0.251 e. The van der Waals surface area contributed by atoms with Crippen molar-refractivity contribution in [2.75, 3.05) is 46.4 Å². The monoisotopic (exact) mass is 401 g/mol. The predicted octanol–water partition coefficient (Wildman–Crippen LogP) is 1.75. The van der Waals surface area contributed by atoms with Gasteiger partial charge in [0.05, 0.1) is 0 Å². The second-order valence-corrected chi connectivity index (χ2v) is 7.54. The number of amides is 1. The van der Waals surface area contributed by atoms with Crippen LogP contribution in [-0.4, -0.2) is 79.1 Å². The van der Waals surface area contributed by atoms with E-state index in [9.17, 15) is 9.18 Å². The summed E-state index contributed by atoms with van der Waals surface area (Å²) < 4.78 is 18.9. The van der Waals surface area contributed by atoms with Crippen molar-refractivity contribution in [2.45, 2.75) is 25.4 Å². The van der Waals surface area contributed by atoms with Gasteiger partial charge in [0.15, 0.2) is 5.96 Å². The summed E-state index contributed by atoms with van der Waals surface area (Å²) in [6.45, 7) is 4.31. The van der Waals surface area contributed by atoms with Gasteiger partial charge >= 0.3 is 0 Å². The molecule has 1 aromatic heterocycles. The molecular weight excluding hydrogens is 373 g/mol. The van der Waals surface area contributed by atoms with Crippen LogP contribution in [0.3, 0.4) is 0 Å². The molecule has 1 aromatic carbocycles. The summed E-state index contributed by atoms with van der Waals surface area (Å²) in [5, 5.41) is 4.46. The van der Waals surface area contributed by atoms with E-state index in [4.69, 9.17) is 4.74 Å². The third-order valence-corrected chi connectivity index (χ3v) is 5.71. The Morgan fingerprint density at radius 1 is 1.31 bits per heavy atom. The van der Waals surface area contributed by atoms with Gasteiger partial charge in [-0.1, -0.05) is 0 Å². The molecule has 0 aliphatic carbocycles. The van der Waals surface area contributed by atoms with Gasteiger partial charge in [0.25, 0.3) is 5.91 Å². The summed E-state index contributed by atoms with van der Waals surface area (Å²) >= 11 is 0. The molecule has 0 spiro atoms. The third kappa shape index (κ3) is 4.37. The topological polar surface area (TPSA) is 73.0 Å². The van der Waals surface area contributed by atoms with Gasteiger partial charge in [-0.3, -0.25) is 9.79 Å². The van der Waals surface area contributed by atoms with Gasteiger partial charge in [-0.05, 0) is 43.0 Å². The van der Waals surface area contributed by atoms with Crippen LogP contribution in [0.5, 0.6) is 0 Å². The number of benzene rings is 1. The van der Waals surface area contributed by atoms with Crippen LogP contribution in [0.15, 0.2) is 29.4 Å². The fraction of sp³-hybridized carbons (Fsp3) is 0.524. The fourth-order valence-electron chi connectivity index (χ4n) is 4.12. The predicted molar refractivity (Wildman–Crippen MR) is 110 cm³/mol. The lowest BCUT2D eigenvalue weighted by Gasteiger charge is -2.37. The Labute approximate surface area is 169 Å². The minimum atomic E-state index is -0.247. The molecule has 2 aliphatic rings. The highest BCUT2D eigenvalue weighted by Crippen LogP contribution is 2.19. The number of carbonyl (C=O) groups is 1. The van der Waals surface area contributed by atoms with E-state index < -0.39 is 0 Å². The molecule has 0 saturated carbocycles. The van der Waals surface area contributed by atoms with E-state index in [1.54, 1.807) is 7.05 Å². The Hall–Kier alpha value is -2.61. The normalized spacial score (nSPS) is 20.5. The number of carbonyl (C=O) groups excluding carboxylic acids is 1. The number of rotatable bonds is 4. The Morgan fingerprint density at radius 3 is 2.83 bits per heavy atom. The largest absolute Gasteiger partial charge is 0.368 e. The minimum Gasteiger partial charge on any atom is -0.368 e. The smallest absolute Gasteiger partial charge is 0.251 e. The minimum absolute atomic E-state index is 0.126. The maximum absolute atomic E-state index is 13.3. The van der Waals surface area contributed by atoms with Crippen LogP contribution in [0.2, 0.25) is 0 Å². The zero-order chi connectivity index (χ0) is 20.2. The van der Waals surface area contributed by atoms with Crippen LogP contribution in [0.1, 0.15) is 18.4 Å². The van der Waals surface area contributed by atoms with Crippen molar-refractivity contribution < 1.29 is 13.9 Å². The number of H-pyrrole nitrogens is 1. The molecule has 0 radical (unpaired) electrons. The number of aliphatic imine (C=N–C) groups is 1. The number of piperazine rings is 1. The molecular formula is C21H28FN5O2. The van der Waals surface area contributed by atoms with Crippen molar-refractivity contribution in [3.8, 4) is 0 Å². The molecule has 4 rings (SSSR count). The maximum atomic E-state index is 13.3. The Bertz CT molecular complexity index is 882. The number of hydrogen-bond acceptors (Lipinski definition) is 3. The Balaban J connectivity index is 1.27. The van der Waals surface area contributed by atoms with E-state index in [0.29, 0.717) is 19.7 Å². The first kappa shape index (κ1) is 19.7. The van der Waals surface area contributed by atoms with Crippen molar-refractivity contribution in [1.82, 2.24) is 20.1 Å². The SMILES string of the molecule is CN=C(NCCc1c[nH]c2cc(F)ccc12)N1CCN(C(=O)C2CCCO2)CC1. The molecule has 1 atom stereocenters. The lowest BCUT2D eigenvalue weighted by Crippen LogP contribution is -2.55. The summed E-state index contributed by atoms with van der Waals surface area (Å²) in [4.78, 5) is 24.1. The van der Waals surface area contributed by atoms with Gasteiger partial charge in [-0.25, -0.2) is 4.39 Å². The number of nitrogens with one attached hydrogen (secondary N) is 2. The van der Waals surface area contributed by atoms with Crippen LogP contribution in [0.25, 0.3) is 10.9 Å². The van der Waals surface area contributed by atoms with Crippen molar-refractivity contribution in [1.29, 1.82) is 0 Å². The number of nitrogens with zero attached hydrogens (tertiary/aromatic N) is 3. The number of aromatic amines is 1. The number of ether oxygens (including phenoxy) is 1. The molecule has 2 saturated heterocycles. The standard InChI is InChI=1S/C21H28FN5O2/c1-23-21(24-7-6-15-14-25-18-13-16(22)4-5-17(15)18)27-10-8-26(9-11-27)20(28)19-3-2-12-29-19/h4-5,13-14,19,25H,2-3,6-12H2,1H3,(H,23,24). The number of fused-ring (bicyclic) bond motifs is 1. The second-order valence-electron chi connectivity index (χ2n) is 7.54. The van der Waals surface area contributed by atoms with Gasteiger partial charge in [0.2, 0.25) is 0 Å². The van der Waals surface area contributed by atoms with Gasteiger partial charge in [0.1, 0.15) is 11.9 Å². The van der Waals surface area contributed by atoms with Crippen molar-refractivity contribution in [2.24, 2.45) is 4.99 Å². The molecule has 1 unspecified atom stereocenters. The van der Waals surface area contributed by atoms with E-state index in [2.05, 4.69) is 20.2 Å². The first-order valence-corrected chi connectivity index (χ1v) is 10.3. The summed E-state index contributed by atoms with van der Waals surface area (Å²) in [6.07, 6.45) is 4.30. The van der Waals surface area contributed by atoms with E-state index in [-0.39, 0.29) is 17.8 Å². The molecule has 0 bridgehead atoms. The van der Waals surface area contributed by atoms with Crippen molar-refractivity contribution >= 4 is 22.8 Å². The van der Waals surface area contributed by atoms with Crippen molar-refractivity contribution in [3.05, 3.63) is 35.8 Å². The van der Waals surface area contributed by atoms with Gasteiger partial charge in [0, 0.05) is 63.5 Å². The average Bonchev–Trinajstić information content (AvgIpc) is 3.41. The molecule has 2 N–H and O–H groups in total. The van der Waals surface area contributed by atoms with Crippen LogP contribution in [0, 0.1) is 5.82 Å². The Kier molecular flexibility index (Phi) is 5.99. The molecule has 8 heteroatoms. The van der Waals surface area contributed by atoms with Gasteiger partial charge in [-0.15, -0.1) is 0 Å². The summed E-state index contributed by atoms with van der Waals surface area (Å²) in [5.41, 5.74) is 1.96. The summed E-state index contributed by atoms with van der Waals surface area (Å²) in [5.74, 6) is 0.738. The van der Waals surface area contributed by atoms with Crippen LogP contribution in [-0.2, 0) is 16.0 Å². The van der Waals surface area contributed by atoms with Crippen LogP contribution in [0.4, 0.5) is 4.39 Å². The molecule has 156 valence electrons. The van der Waals surface area contributed by atoms with Gasteiger partial charge in [-0.2, -0.15) is 0 Å². The first-order valence-electron chi connectivity index (χ1n) is 10.3. The molecule has 7 nitrogen and oxygen atoms in total. The molecule has 2 aliphatic heterocycles. The highest BCUT2D eigenvalue weighted by Gasteiger charge is 2.30. The zero-order valence-corrected chi connectivity index (χ0v) is 16.8. The zero-order valence-electron chi connectivity index (χ0n) is 16.8. The number of halogens is 1. The van der Waals surface area contributed by atoms with E-state index in [1.165, 1.54) is 12.1 Å². The molecule has 3 heterocycles. The molecule has 1 amide bonds. The van der Waals surface area contributed by atoms with E-state index in [0.717, 1.165) is 61.3 Å². The molecule has 2 fully saturated rings. The molecule has 2 aromatic rings. The highest BCUT2D eigenvalue weighted by atomic mass is 19.1. The van der Waals surface area contributed by atoms with Crippen LogP contribution < -0.4 is 5.32 Å². The fourth-order valence-corrected chi connectivity index (χ4v) is 4.12. The quantitative estimate of drug-likeness (QED) is 0.605. The van der Waals surface area contributed by atoms with Crippen molar-refractivity contribution in [3.63, 3.8) is 0 Å². The summed E-state index contributed by atoms with van der Waals surface area (Å²) in [6, 6.07) is 4.82. The van der Waals surface area contributed by atoms with Gasteiger partial charge < -0.3 is 24.8 Å². The molecule has 29 heavy (non-hydrogen) atoms. The summed E-state index contributed by atoms with van der Waals surface area (Å²) in [7, 11) is 1.78. The van der Waals surface area contributed by atoms with E-state index in [1.807, 2.05) is 17.2 Å². The first-order chi connectivity index (χ1) is 14.2. The van der Waals surface area contributed by atoms with Crippen LogP contribution >= 0.6 is 0 Å².